The number of benzene rings is 2. The molecule has 0 aromatic heterocycles. The molecule has 1 aliphatic heterocycles. The van der Waals surface area contributed by atoms with Gasteiger partial charge in [-0.3, -0.25) is 9.59 Å². The van der Waals surface area contributed by atoms with Gasteiger partial charge >= 0.3 is 0 Å². The van der Waals surface area contributed by atoms with Crippen LogP contribution in [0.5, 0.6) is 0 Å². The van der Waals surface area contributed by atoms with Gasteiger partial charge < -0.3 is 10.6 Å². The van der Waals surface area contributed by atoms with E-state index >= 15 is 0 Å². The highest BCUT2D eigenvalue weighted by molar-refractivity contribution is 7.89. The molecule has 0 bridgehead atoms. The Bertz CT molecular complexity index is 1120. The number of amides is 2. The van der Waals surface area contributed by atoms with Crippen molar-refractivity contribution in [3.63, 3.8) is 0 Å². The Labute approximate surface area is 199 Å². The minimum absolute atomic E-state index is 0.0577. The van der Waals surface area contributed by atoms with Crippen LogP contribution in [-0.4, -0.2) is 43.7 Å². The summed E-state index contributed by atoms with van der Waals surface area (Å²) in [6.45, 7) is 0.908. The van der Waals surface area contributed by atoms with Crippen LogP contribution in [0.2, 0.25) is 5.02 Å². The second-order valence-corrected chi connectivity index (χ2v) is 10.9. The molecule has 4 rings (SSSR count). The second kappa shape index (κ2) is 10.2. The Morgan fingerprint density at radius 2 is 1.48 bits per heavy atom. The predicted octanol–water partition coefficient (Wildman–Crippen LogP) is 4.44. The Balaban J connectivity index is 1.45. The molecular weight excluding hydrogens is 462 g/mol. The summed E-state index contributed by atoms with van der Waals surface area (Å²) < 4.78 is 27.5. The average Bonchev–Trinajstić information content (AvgIpc) is 3.33. The summed E-state index contributed by atoms with van der Waals surface area (Å²) in [6.07, 6.45) is 6.93. The van der Waals surface area contributed by atoms with Crippen LogP contribution in [0, 0.1) is 0 Å². The van der Waals surface area contributed by atoms with E-state index in [1.807, 2.05) is 0 Å². The minimum atomic E-state index is -3.77. The maximum atomic E-state index is 13.0. The molecule has 0 radical (unpaired) electrons. The number of hydrogen-bond donors (Lipinski definition) is 2. The minimum Gasteiger partial charge on any atom is -0.349 e. The highest BCUT2D eigenvalue weighted by atomic mass is 35.5. The van der Waals surface area contributed by atoms with Crippen molar-refractivity contribution in [2.45, 2.75) is 55.9 Å². The lowest BCUT2D eigenvalue weighted by molar-refractivity contribution is 0.0937. The van der Waals surface area contributed by atoms with Gasteiger partial charge in [0.2, 0.25) is 10.0 Å². The summed E-state index contributed by atoms with van der Waals surface area (Å²) in [5, 5.41) is 5.88. The quantitative estimate of drug-likeness (QED) is 0.627. The van der Waals surface area contributed by atoms with E-state index in [4.69, 9.17) is 11.6 Å². The normalized spacial score (nSPS) is 17.6. The molecule has 2 N–H and O–H groups in total. The van der Waals surface area contributed by atoms with Crippen molar-refractivity contribution in [3.05, 3.63) is 58.6 Å². The van der Waals surface area contributed by atoms with Gasteiger partial charge in [-0.15, -0.1) is 0 Å². The number of hydrogen-bond acceptors (Lipinski definition) is 4. The van der Waals surface area contributed by atoms with Crippen molar-refractivity contribution in [2.24, 2.45) is 0 Å². The number of carbonyl (C=O) groups excluding carboxylic acids is 2. The third-order valence-corrected chi connectivity index (χ3v) is 8.60. The van der Waals surface area contributed by atoms with E-state index in [9.17, 15) is 18.0 Å². The second-order valence-electron chi connectivity index (χ2n) is 8.60. The molecular formula is C24H28ClN3O4S. The molecule has 7 nitrogen and oxygen atoms in total. The smallest absolute Gasteiger partial charge is 0.255 e. The molecule has 2 aliphatic rings. The molecule has 176 valence electrons. The third kappa shape index (κ3) is 5.57. The zero-order chi connectivity index (χ0) is 23.4. The monoisotopic (exact) mass is 489 g/mol. The van der Waals surface area contributed by atoms with Crippen LogP contribution in [0.25, 0.3) is 0 Å². The van der Waals surface area contributed by atoms with Crippen molar-refractivity contribution >= 4 is 39.1 Å². The molecule has 0 atom stereocenters. The molecule has 1 aliphatic carbocycles. The van der Waals surface area contributed by atoms with Gasteiger partial charge in [0.1, 0.15) is 4.90 Å². The van der Waals surface area contributed by atoms with Crippen LogP contribution in [0.15, 0.2) is 47.4 Å². The van der Waals surface area contributed by atoms with Gasteiger partial charge in [0, 0.05) is 35.9 Å². The number of rotatable bonds is 6. The molecule has 0 unspecified atom stereocenters. The molecule has 2 aromatic carbocycles. The first-order valence-electron chi connectivity index (χ1n) is 11.4. The van der Waals surface area contributed by atoms with Gasteiger partial charge in [-0.2, -0.15) is 4.31 Å². The Morgan fingerprint density at radius 3 is 2.15 bits per heavy atom. The summed E-state index contributed by atoms with van der Waals surface area (Å²) in [5.74, 6) is -0.574. The number of sulfonamides is 1. The van der Waals surface area contributed by atoms with Crippen LogP contribution in [0.4, 0.5) is 5.69 Å². The van der Waals surface area contributed by atoms with Crippen molar-refractivity contribution in [1.29, 1.82) is 0 Å². The lowest BCUT2D eigenvalue weighted by Crippen LogP contribution is -2.35. The third-order valence-electron chi connectivity index (χ3n) is 6.22. The van der Waals surface area contributed by atoms with Gasteiger partial charge in [0.25, 0.3) is 11.8 Å². The molecule has 2 aromatic rings. The zero-order valence-corrected chi connectivity index (χ0v) is 19.9. The average molecular weight is 490 g/mol. The first-order valence-corrected chi connectivity index (χ1v) is 13.2. The highest BCUT2D eigenvalue weighted by Crippen LogP contribution is 2.28. The van der Waals surface area contributed by atoms with Crippen molar-refractivity contribution in [3.8, 4) is 0 Å². The maximum absolute atomic E-state index is 13.0. The number of anilines is 1. The van der Waals surface area contributed by atoms with Gasteiger partial charge in [-0.25, -0.2) is 8.42 Å². The van der Waals surface area contributed by atoms with Crippen LogP contribution in [0.3, 0.4) is 0 Å². The molecule has 0 spiro atoms. The first kappa shape index (κ1) is 23.7. The Hall–Kier alpha value is -2.42. The van der Waals surface area contributed by atoms with Gasteiger partial charge in [-0.1, -0.05) is 30.9 Å². The fraction of sp³-hybridized carbons (Fsp3) is 0.417. The summed E-state index contributed by atoms with van der Waals surface area (Å²) in [7, 11) is -3.77. The lowest BCUT2D eigenvalue weighted by Gasteiger charge is -2.26. The zero-order valence-electron chi connectivity index (χ0n) is 18.3. The van der Waals surface area contributed by atoms with Crippen molar-refractivity contribution in [2.75, 3.05) is 18.4 Å². The molecule has 1 heterocycles. The fourth-order valence-electron chi connectivity index (χ4n) is 4.33. The summed E-state index contributed by atoms with van der Waals surface area (Å²) in [6, 6.07) is 11.1. The number of nitrogens with zero attached hydrogens (tertiary/aromatic N) is 1. The number of nitrogens with one attached hydrogen (secondary N) is 2. The standard InChI is InChI=1S/C24H28ClN3O4S/c25-21-13-10-18(16-22(21)33(31,32)28-14-4-1-5-15-28)24(30)27-20-11-8-17(9-12-20)23(29)26-19-6-2-3-7-19/h8-13,16,19H,1-7,14-15H2,(H,26,29)(H,27,30). The fourth-order valence-corrected chi connectivity index (χ4v) is 6.35. The van der Waals surface area contributed by atoms with E-state index in [-0.39, 0.29) is 27.4 Å². The van der Waals surface area contributed by atoms with E-state index < -0.39 is 15.9 Å². The number of halogens is 1. The molecule has 33 heavy (non-hydrogen) atoms. The predicted molar refractivity (Wildman–Crippen MR) is 128 cm³/mol. The SMILES string of the molecule is O=C(Nc1ccc(C(=O)NC2CCCC2)cc1)c1ccc(Cl)c(S(=O)(=O)N2CCCCC2)c1. The number of carbonyl (C=O) groups is 2. The van der Waals surface area contributed by atoms with Gasteiger partial charge in [0.15, 0.2) is 0 Å². The van der Waals surface area contributed by atoms with E-state index in [1.54, 1.807) is 24.3 Å². The highest BCUT2D eigenvalue weighted by Gasteiger charge is 2.29. The first-order chi connectivity index (χ1) is 15.8. The molecule has 9 heteroatoms. The lowest BCUT2D eigenvalue weighted by atomic mass is 10.1. The summed E-state index contributed by atoms with van der Waals surface area (Å²) >= 11 is 6.20. The largest absolute Gasteiger partial charge is 0.349 e. The summed E-state index contributed by atoms with van der Waals surface area (Å²) in [4.78, 5) is 25.1. The van der Waals surface area contributed by atoms with Crippen LogP contribution < -0.4 is 10.6 Å². The Morgan fingerprint density at radius 1 is 0.848 bits per heavy atom. The van der Waals surface area contributed by atoms with E-state index in [1.165, 1.54) is 22.5 Å². The number of piperidine rings is 1. The summed E-state index contributed by atoms with van der Waals surface area (Å²) in [5.41, 5.74) is 1.23. The maximum Gasteiger partial charge on any atom is 0.255 e. The molecule has 1 saturated heterocycles. The molecule has 2 fully saturated rings. The van der Waals surface area contributed by atoms with Gasteiger partial charge in [-0.05, 0) is 68.1 Å². The van der Waals surface area contributed by atoms with Crippen LogP contribution in [-0.2, 0) is 10.0 Å². The van der Waals surface area contributed by atoms with Crippen molar-refractivity contribution < 1.29 is 18.0 Å². The van der Waals surface area contributed by atoms with Crippen LogP contribution >= 0.6 is 11.6 Å². The molecule has 1 saturated carbocycles. The van der Waals surface area contributed by atoms with E-state index in [0.717, 1.165) is 44.9 Å². The van der Waals surface area contributed by atoms with Gasteiger partial charge in [0.05, 0.1) is 5.02 Å². The van der Waals surface area contributed by atoms with E-state index in [0.29, 0.717) is 24.3 Å². The van der Waals surface area contributed by atoms with Crippen molar-refractivity contribution in [1.82, 2.24) is 9.62 Å². The molecule has 2 amide bonds. The van der Waals surface area contributed by atoms with E-state index in [2.05, 4.69) is 10.6 Å². The Kier molecular flexibility index (Phi) is 7.36. The van der Waals surface area contributed by atoms with Crippen LogP contribution in [0.1, 0.15) is 65.7 Å². The topological polar surface area (TPSA) is 95.6 Å².